The van der Waals surface area contributed by atoms with Crippen LogP contribution in [0.5, 0.6) is 11.6 Å². The van der Waals surface area contributed by atoms with Crippen molar-refractivity contribution in [3.63, 3.8) is 0 Å². The highest BCUT2D eigenvalue weighted by atomic mass is 79.9. The van der Waals surface area contributed by atoms with Crippen LogP contribution < -0.4 is 4.74 Å². The van der Waals surface area contributed by atoms with Crippen LogP contribution in [0, 0.1) is 15.9 Å². The quantitative estimate of drug-likeness (QED) is 0.612. The minimum atomic E-state index is -0.634. The summed E-state index contributed by atoms with van der Waals surface area (Å²) in [6.07, 6.45) is 1.35. The lowest BCUT2D eigenvalue weighted by atomic mass is 10.3. The average Bonchev–Trinajstić information content (AvgIpc) is 2.34. The Bertz CT molecular complexity index is 654. The molecule has 0 fully saturated rings. The van der Waals surface area contributed by atoms with Gasteiger partial charge in [-0.25, -0.2) is 9.37 Å². The lowest BCUT2D eigenvalue weighted by molar-refractivity contribution is -0.386. The molecule has 5 nitrogen and oxygen atoms in total. The Morgan fingerprint density at radius 3 is 2.79 bits per heavy atom. The van der Waals surface area contributed by atoms with Gasteiger partial charge in [0.05, 0.1) is 9.95 Å². The molecule has 2 aromatic rings. The van der Waals surface area contributed by atoms with E-state index in [4.69, 9.17) is 16.3 Å². The van der Waals surface area contributed by atoms with E-state index >= 15 is 0 Å². The summed E-state index contributed by atoms with van der Waals surface area (Å²) in [5.74, 6) is -0.668. The van der Waals surface area contributed by atoms with Crippen molar-refractivity contribution in [2.24, 2.45) is 0 Å². The summed E-state index contributed by atoms with van der Waals surface area (Å²) >= 11 is 8.85. The molecule has 0 bridgehead atoms. The van der Waals surface area contributed by atoms with Gasteiger partial charge in [0, 0.05) is 16.7 Å². The molecule has 0 unspecified atom stereocenters. The Labute approximate surface area is 120 Å². The van der Waals surface area contributed by atoms with Crippen LogP contribution in [-0.2, 0) is 0 Å². The van der Waals surface area contributed by atoms with Gasteiger partial charge in [-0.3, -0.25) is 10.1 Å². The molecule has 0 aliphatic rings. The molecule has 19 heavy (non-hydrogen) atoms. The van der Waals surface area contributed by atoms with Gasteiger partial charge in [-0.2, -0.15) is 0 Å². The molecule has 0 atom stereocenters. The standard InChI is InChI=1S/C11H5BrClFN2O3/c12-6-3-9(16(17)18)11(15-5-6)19-10-2-1-7(14)4-8(10)13/h1-5H. The van der Waals surface area contributed by atoms with Crippen LogP contribution in [0.4, 0.5) is 10.1 Å². The molecular weight excluding hydrogens is 342 g/mol. The van der Waals surface area contributed by atoms with Gasteiger partial charge in [0.1, 0.15) is 11.6 Å². The second-order valence-electron chi connectivity index (χ2n) is 3.41. The molecule has 1 heterocycles. The minimum absolute atomic E-state index is 0.000910. The summed E-state index contributed by atoms with van der Waals surface area (Å²) in [5.41, 5.74) is -0.324. The van der Waals surface area contributed by atoms with E-state index in [0.29, 0.717) is 4.47 Å². The van der Waals surface area contributed by atoms with Gasteiger partial charge in [0.2, 0.25) is 0 Å². The van der Waals surface area contributed by atoms with Crippen LogP contribution in [0.2, 0.25) is 5.02 Å². The third kappa shape index (κ3) is 3.18. The van der Waals surface area contributed by atoms with Crippen LogP contribution in [0.3, 0.4) is 0 Å². The van der Waals surface area contributed by atoms with Crippen molar-refractivity contribution in [3.8, 4) is 11.6 Å². The van der Waals surface area contributed by atoms with Crippen molar-refractivity contribution in [3.05, 3.63) is 55.9 Å². The molecule has 1 aromatic heterocycles. The van der Waals surface area contributed by atoms with E-state index in [-0.39, 0.29) is 22.3 Å². The predicted octanol–water partition coefficient (Wildman–Crippen LogP) is 4.34. The molecule has 98 valence electrons. The highest BCUT2D eigenvalue weighted by molar-refractivity contribution is 9.10. The second-order valence-corrected chi connectivity index (χ2v) is 4.73. The van der Waals surface area contributed by atoms with Crippen LogP contribution in [0.25, 0.3) is 0 Å². The first-order chi connectivity index (χ1) is 8.97. The molecule has 1 aromatic carbocycles. The Hall–Kier alpha value is -1.73. The number of rotatable bonds is 3. The minimum Gasteiger partial charge on any atom is -0.432 e. The first kappa shape index (κ1) is 13.7. The molecule has 0 saturated carbocycles. The number of nitrogens with zero attached hydrogens (tertiary/aromatic N) is 2. The van der Waals surface area contributed by atoms with Gasteiger partial charge >= 0.3 is 5.69 Å². The van der Waals surface area contributed by atoms with Crippen molar-refractivity contribution in [1.29, 1.82) is 0 Å². The van der Waals surface area contributed by atoms with Crippen molar-refractivity contribution < 1.29 is 14.1 Å². The van der Waals surface area contributed by atoms with Crippen LogP contribution in [-0.4, -0.2) is 9.91 Å². The summed E-state index contributed by atoms with van der Waals surface area (Å²) in [6.45, 7) is 0. The number of hydrogen-bond donors (Lipinski definition) is 0. The topological polar surface area (TPSA) is 65.3 Å². The van der Waals surface area contributed by atoms with Crippen molar-refractivity contribution in [1.82, 2.24) is 4.98 Å². The maximum atomic E-state index is 12.9. The van der Waals surface area contributed by atoms with E-state index in [0.717, 1.165) is 12.1 Å². The Kier molecular flexibility index (Phi) is 3.96. The number of hydrogen-bond acceptors (Lipinski definition) is 4. The second kappa shape index (κ2) is 5.50. The average molecular weight is 348 g/mol. The zero-order valence-electron chi connectivity index (χ0n) is 9.14. The molecule has 0 spiro atoms. The number of aromatic nitrogens is 1. The van der Waals surface area contributed by atoms with E-state index < -0.39 is 10.7 Å². The van der Waals surface area contributed by atoms with E-state index in [2.05, 4.69) is 20.9 Å². The van der Waals surface area contributed by atoms with Gasteiger partial charge in [0.15, 0.2) is 0 Å². The molecule has 0 aliphatic carbocycles. The number of benzene rings is 1. The first-order valence-corrected chi connectivity index (χ1v) is 6.07. The smallest absolute Gasteiger partial charge is 0.332 e. The summed E-state index contributed by atoms with van der Waals surface area (Å²) in [6, 6.07) is 4.69. The summed E-state index contributed by atoms with van der Waals surface area (Å²) in [5, 5.41) is 10.9. The summed E-state index contributed by atoms with van der Waals surface area (Å²) in [7, 11) is 0. The SMILES string of the molecule is O=[N+]([O-])c1cc(Br)cnc1Oc1ccc(F)cc1Cl. The molecule has 0 saturated heterocycles. The highest BCUT2D eigenvalue weighted by Gasteiger charge is 2.19. The number of ether oxygens (including phenoxy) is 1. The predicted molar refractivity (Wildman–Crippen MR) is 70.1 cm³/mol. The fraction of sp³-hybridized carbons (Fsp3) is 0. The van der Waals surface area contributed by atoms with Crippen LogP contribution >= 0.6 is 27.5 Å². The monoisotopic (exact) mass is 346 g/mol. The van der Waals surface area contributed by atoms with Gasteiger partial charge < -0.3 is 4.74 Å². The van der Waals surface area contributed by atoms with E-state index in [1.54, 1.807) is 0 Å². The van der Waals surface area contributed by atoms with Crippen LogP contribution in [0.15, 0.2) is 34.9 Å². The van der Waals surface area contributed by atoms with Gasteiger partial charge in [-0.1, -0.05) is 11.6 Å². The summed E-state index contributed by atoms with van der Waals surface area (Å²) < 4.78 is 18.6. The van der Waals surface area contributed by atoms with Crippen molar-refractivity contribution >= 4 is 33.2 Å². The zero-order valence-corrected chi connectivity index (χ0v) is 11.5. The molecule has 0 N–H and O–H groups in total. The van der Waals surface area contributed by atoms with E-state index in [1.165, 1.54) is 18.3 Å². The Morgan fingerprint density at radius 2 is 2.16 bits per heavy atom. The van der Waals surface area contributed by atoms with Crippen LogP contribution in [0.1, 0.15) is 0 Å². The Morgan fingerprint density at radius 1 is 1.42 bits per heavy atom. The van der Waals surface area contributed by atoms with E-state index in [1.807, 2.05) is 0 Å². The molecule has 2 rings (SSSR count). The number of nitro groups is 1. The van der Waals surface area contributed by atoms with E-state index in [9.17, 15) is 14.5 Å². The lowest BCUT2D eigenvalue weighted by Gasteiger charge is -2.07. The van der Waals surface area contributed by atoms with Crippen molar-refractivity contribution in [2.45, 2.75) is 0 Å². The third-order valence-electron chi connectivity index (χ3n) is 2.10. The molecule has 0 radical (unpaired) electrons. The van der Waals surface area contributed by atoms with Gasteiger partial charge in [-0.05, 0) is 34.1 Å². The fourth-order valence-electron chi connectivity index (χ4n) is 1.29. The van der Waals surface area contributed by atoms with Crippen molar-refractivity contribution in [2.75, 3.05) is 0 Å². The lowest BCUT2D eigenvalue weighted by Crippen LogP contribution is -1.96. The maximum Gasteiger partial charge on any atom is 0.332 e. The third-order valence-corrected chi connectivity index (χ3v) is 2.83. The molecule has 8 heteroatoms. The molecule has 0 amide bonds. The fourth-order valence-corrected chi connectivity index (χ4v) is 1.81. The van der Waals surface area contributed by atoms with Gasteiger partial charge in [-0.15, -0.1) is 0 Å². The summed E-state index contributed by atoms with van der Waals surface area (Å²) in [4.78, 5) is 14.0. The zero-order chi connectivity index (χ0) is 14.0. The Balaban J connectivity index is 2.40. The first-order valence-electron chi connectivity index (χ1n) is 4.90. The highest BCUT2D eigenvalue weighted by Crippen LogP contribution is 2.34. The number of pyridine rings is 1. The number of halogens is 3. The van der Waals surface area contributed by atoms with Gasteiger partial charge in [0.25, 0.3) is 5.88 Å². The normalized spacial score (nSPS) is 10.3. The molecule has 0 aliphatic heterocycles. The maximum absolute atomic E-state index is 12.9. The largest absolute Gasteiger partial charge is 0.432 e. The molecular formula is C11H5BrClFN2O3.